The van der Waals surface area contributed by atoms with Crippen molar-refractivity contribution >= 4 is 28.9 Å². The minimum absolute atomic E-state index is 0.182. The van der Waals surface area contributed by atoms with Crippen LogP contribution >= 0.6 is 0 Å². The minimum Gasteiger partial charge on any atom is -0.484 e. The normalized spacial score (nSPS) is 13.3. The maximum Gasteiger partial charge on any atom is 0.255 e. The van der Waals surface area contributed by atoms with Crippen LogP contribution in [0.1, 0.15) is 23.7 Å². The monoisotopic (exact) mass is 352 g/mol. The summed E-state index contributed by atoms with van der Waals surface area (Å²) in [4.78, 5) is 23.1. The number of rotatable bonds is 6. The van der Waals surface area contributed by atoms with E-state index in [2.05, 4.69) is 10.4 Å². The molecule has 0 unspecified atom stereocenters. The number of nitrogens with two attached hydrogens (primary N) is 1. The molecule has 1 heterocycles. The van der Waals surface area contributed by atoms with E-state index < -0.39 is 5.91 Å². The third-order valence-corrected chi connectivity index (χ3v) is 3.90. The molecule has 134 valence electrons. The lowest BCUT2D eigenvalue weighted by molar-refractivity contribution is -0.119. The van der Waals surface area contributed by atoms with Crippen LogP contribution in [0.4, 0.5) is 11.4 Å². The van der Waals surface area contributed by atoms with Crippen LogP contribution in [0.15, 0.2) is 53.6 Å². The lowest BCUT2D eigenvalue weighted by Gasteiger charge is -2.14. The van der Waals surface area contributed by atoms with E-state index in [-0.39, 0.29) is 12.5 Å². The van der Waals surface area contributed by atoms with E-state index in [0.29, 0.717) is 17.0 Å². The molecule has 0 aliphatic carbocycles. The zero-order chi connectivity index (χ0) is 18.5. The molecule has 0 atom stereocenters. The lowest BCUT2D eigenvalue weighted by atomic mass is 10.2. The topological polar surface area (TPSA) is 97.0 Å². The molecule has 2 aromatic carbocycles. The van der Waals surface area contributed by atoms with Crippen LogP contribution in [-0.4, -0.2) is 30.7 Å². The smallest absolute Gasteiger partial charge is 0.255 e. The number of nitrogens with zero attached hydrogens (tertiary/aromatic N) is 2. The highest BCUT2D eigenvalue weighted by Crippen LogP contribution is 2.21. The Balaban J connectivity index is 1.60. The summed E-state index contributed by atoms with van der Waals surface area (Å²) < 4.78 is 5.18. The molecule has 0 fully saturated rings. The standard InChI is InChI=1S/C19H20N4O3/c1-13-10-11-23(22-13)16-6-2-14(3-7-16)19(25)21-15-4-8-17(9-5-15)26-12-18(20)24/h2-9H,10-12H2,1H3,(H2,20,24)(H,21,25). The van der Waals surface area contributed by atoms with E-state index in [1.807, 2.05) is 24.1 Å². The quantitative estimate of drug-likeness (QED) is 0.834. The van der Waals surface area contributed by atoms with Crippen LogP contribution in [0, 0.1) is 0 Å². The average Bonchev–Trinajstić information content (AvgIpc) is 3.07. The van der Waals surface area contributed by atoms with Gasteiger partial charge < -0.3 is 15.8 Å². The fourth-order valence-corrected chi connectivity index (χ4v) is 2.54. The van der Waals surface area contributed by atoms with E-state index >= 15 is 0 Å². The van der Waals surface area contributed by atoms with Gasteiger partial charge in [0.05, 0.1) is 5.69 Å². The first-order valence-corrected chi connectivity index (χ1v) is 8.25. The SMILES string of the molecule is CC1=NN(c2ccc(C(=O)Nc3ccc(OCC(N)=O)cc3)cc2)CC1. The summed E-state index contributed by atoms with van der Waals surface area (Å²) in [6, 6.07) is 14.0. The van der Waals surface area contributed by atoms with Gasteiger partial charge in [-0.2, -0.15) is 5.10 Å². The maximum absolute atomic E-state index is 12.4. The van der Waals surface area contributed by atoms with Crippen LogP contribution in [0.25, 0.3) is 0 Å². The number of hydrogen-bond donors (Lipinski definition) is 2. The summed E-state index contributed by atoms with van der Waals surface area (Å²) in [5, 5.41) is 9.20. The predicted molar refractivity (Wildman–Crippen MR) is 101 cm³/mol. The Labute approximate surface area is 151 Å². The molecular weight excluding hydrogens is 332 g/mol. The van der Waals surface area contributed by atoms with Gasteiger partial charge in [0.1, 0.15) is 5.75 Å². The van der Waals surface area contributed by atoms with Gasteiger partial charge >= 0.3 is 0 Å². The van der Waals surface area contributed by atoms with Crippen molar-refractivity contribution in [2.24, 2.45) is 10.8 Å². The van der Waals surface area contributed by atoms with Crippen molar-refractivity contribution in [3.05, 3.63) is 54.1 Å². The van der Waals surface area contributed by atoms with Gasteiger partial charge in [-0.15, -0.1) is 0 Å². The van der Waals surface area contributed by atoms with Gasteiger partial charge in [-0.05, 0) is 55.5 Å². The highest BCUT2D eigenvalue weighted by atomic mass is 16.5. The summed E-state index contributed by atoms with van der Waals surface area (Å²) in [6.45, 7) is 2.69. The average molecular weight is 352 g/mol. The third kappa shape index (κ3) is 4.38. The van der Waals surface area contributed by atoms with Crippen molar-refractivity contribution in [3.63, 3.8) is 0 Å². The van der Waals surface area contributed by atoms with Crippen molar-refractivity contribution in [1.29, 1.82) is 0 Å². The van der Waals surface area contributed by atoms with E-state index in [1.165, 1.54) is 0 Å². The van der Waals surface area contributed by atoms with E-state index in [9.17, 15) is 9.59 Å². The zero-order valence-corrected chi connectivity index (χ0v) is 14.4. The molecule has 2 aromatic rings. The van der Waals surface area contributed by atoms with Crippen LogP contribution in [-0.2, 0) is 4.79 Å². The fourth-order valence-electron chi connectivity index (χ4n) is 2.54. The van der Waals surface area contributed by atoms with Gasteiger partial charge in [-0.25, -0.2) is 0 Å². The molecule has 0 radical (unpaired) electrons. The number of hydrogen-bond acceptors (Lipinski definition) is 5. The van der Waals surface area contributed by atoms with E-state index in [1.54, 1.807) is 36.4 Å². The summed E-state index contributed by atoms with van der Waals surface area (Å²) >= 11 is 0. The van der Waals surface area contributed by atoms with Crippen LogP contribution in [0.5, 0.6) is 5.75 Å². The molecule has 2 amide bonds. The lowest BCUT2D eigenvalue weighted by Crippen LogP contribution is -2.20. The second kappa shape index (κ2) is 7.69. The second-order valence-corrected chi connectivity index (χ2v) is 5.99. The molecule has 0 spiro atoms. The first-order valence-electron chi connectivity index (χ1n) is 8.25. The van der Waals surface area contributed by atoms with E-state index in [4.69, 9.17) is 10.5 Å². The van der Waals surface area contributed by atoms with Crippen LogP contribution in [0.2, 0.25) is 0 Å². The van der Waals surface area contributed by atoms with Crippen molar-refractivity contribution in [2.75, 3.05) is 23.5 Å². The van der Waals surface area contributed by atoms with Gasteiger partial charge in [0.2, 0.25) is 0 Å². The Morgan fingerprint density at radius 2 is 1.85 bits per heavy atom. The van der Waals surface area contributed by atoms with Crippen LogP contribution in [0.3, 0.4) is 0 Å². The molecule has 1 aliphatic heterocycles. The Bertz CT molecular complexity index is 829. The Morgan fingerprint density at radius 1 is 1.15 bits per heavy atom. The Morgan fingerprint density at radius 3 is 2.42 bits per heavy atom. The molecule has 0 aromatic heterocycles. The Hall–Kier alpha value is -3.35. The number of benzene rings is 2. The number of primary amides is 1. The summed E-state index contributed by atoms with van der Waals surface area (Å²) in [5.74, 6) is -0.239. The van der Waals surface area contributed by atoms with E-state index in [0.717, 1.165) is 24.4 Å². The molecule has 3 rings (SSSR count). The summed E-state index contributed by atoms with van der Waals surface area (Å²) in [7, 11) is 0. The number of nitrogens with one attached hydrogen (secondary N) is 1. The molecule has 0 bridgehead atoms. The van der Waals surface area contributed by atoms with Gasteiger partial charge in [0.25, 0.3) is 11.8 Å². The molecule has 1 aliphatic rings. The summed E-state index contributed by atoms with van der Waals surface area (Å²) in [5.41, 5.74) is 8.29. The zero-order valence-electron chi connectivity index (χ0n) is 14.4. The maximum atomic E-state index is 12.4. The predicted octanol–water partition coefficient (Wildman–Crippen LogP) is 2.39. The minimum atomic E-state index is -0.541. The number of carbonyl (C=O) groups excluding carboxylic acids is 2. The fraction of sp³-hybridized carbons (Fsp3) is 0.211. The molecule has 7 heteroatoms. The van der Waals surface area contributed by atoms with Gasteiger partial charge in [0, 0.05) is 29.9 Å². The van der Waals surface area contributed by atoms with Gasteiger partial charge in [-0.3, -0.25) is 14.6 Å². The first-order chi connectivity index (χ1) is 12.5. The molecule has 0 saturated carbocycles. The molecule has 0 saturated heterocycles. The van der Waals surface area contributed by atoms with Gasteiger partial charge in [0.15, 0.2) is 6.61 Å². The van der Waals surface area contributed by atoms with Crippen LogP contribution < -0.4 is 20.8 Å². The van der Waals surface area contributed by atoms with Gasteiger partial charge in [-0.1, -0.05) is 0 Å². The molecule has 26 heavy (non-hydrogen) atoms. The Kier molecular flexibility index (Phi) is 5.17. The number of ether oxygens (including phenoxy) is 1. The molecule has 7 nitrogen and oxygen atoms in total. The highest BCUT2D eigenvalue weighted by molar-refractivity contribution is 6.04. The number of anilines is 2. The van der Waals surface area contributed by atoms with Crippen molar-refractivity contribution in [1.82, 2.24) is 0 Å². The van der Waals surface area contributed by atoms with Crippen molar-refractivity contribution in [2.45, 2.75) is 13.3 Å². The second-order valence-electron chi connectivity index (χ2n) is 5.99. The van der Waals surface area contributed by atoms with Crippen molar-refractivity contribution < 1.29 is 14.3 Å². The number of amides is 2. The highest BCUT2D eigenvalue weighted by Gasteiger charge is 2.13. The molecular formula is C19H20N4O3. The molecule has 3 N–H and O–H groups in total. The number of carbonyl (C=O) groups is 2. The van der Waals surface area contributed by atoms with Crippen molar-refractivity contribution in [3.8, 4) is 5.75 Å². The summed E-state index contributed by atoms with van der Waals surface area (Å²) in [6.07, 6.45) is 0.960. The largest absolute Gasteiger partial charge is 0.484 e. The number of hydrazone groups is 1. The first kappa shape index (κ1) is 17.5. The third-order valence-electron chi connectivity index (χ3n) is 3.90.